The normalized spacial score (nSPS) is 11.0. The Morgan fingerprint density at radius 3 is 2.52 bits per heavy atom. The van der Waals surface area contributed by atoms with Gasteiger partial charge in [0, 0.05) is 17.1 Å². The highest BCUT2D eigenvalue weighted by Crippen LogP contribution is 2.09. The first-order chi connectivity index (χ1) is 10.1. The monoisotopic (exact) mass is 324 g/mol. The van der Waals surface area contributed by atoms with E-state index in [1.807, 2.05) is 23.6 Å². The Hall–Kier alpha value is -1.86. The van der Waals surface area contributed by atoms with Crippen molar-refractivity contribution in [2.24, 2.45) is 0 Å². The number of sulfonamides is 1. The third kappa shape index (κ3) is 5.57. The second-order valence-corrected chi connectivity index (χ2v) is 7.27. The van der Waals surface area contributed by atoms with Gasteiger partial charge in [-0.2, -0.15) is 0 Å². The molecule has 5 nitrogen and oxygen atoms in total. The number of carbonyl (C=O) groups excluding carboxylic acids is 1. The van der Waals surface area contributed by atoms with E-state index in [9.17, 15) is 13.2 Å². The smallest absolute Gasteiger partial charge is 0.234 e. The highest BCUT2D eigenvalue weighted by Gasteiger charge is 2.11. The van der Waals surface area contributed by atoms with E-state index in [-0.39, 0.29) is 24.6 Å². The van der Waals surface area contributed by atoms with E-state index in [0.29, 0.717) is 5.69 Å². The molecule has 112 valence electrons. The van der Waals surface area contributed by atoms with E-state index < -0.39 is 10.0 Å². The molecule has 0 saturated heterocycles. The van der Waals surface area contributed by atoms with Crippen LogP contribution in [0.4, 0.5) is 5.69 Å². The Morgan fingerprint density at radius 1 is 1.10 bits per heavy atom. The lowest BCUT2D eigenvalue weighted by atomic mass is 10.3. The van der Waals surface area contributed by atoms with E-state index in [1.165, 1.54) is 11.3 Å². The SMILES string of the molecule is O=C(Cc1cccs1)NCCS(=O)(=O)Nc1ccccc1. The highest BCUT2D eigenvalue weighted by molar-refractivity contribution is 7.92. The Bertz CT molecular complexity index is 668. The molecule has 0 aliphatic heterocycles. The van der Waals surface area contributed by atoms with Crippen LogP contribution in [0.5, 0.6) is 0 Å². The summed E-state index contributed by atoms with van der Waals surface area (Å²) in [6.07, 6.45) is 0.282. The summed E-state index contributed by atoms with van der Waals surface area (Å²) in [4.78, 5) is 12.6. The first kappa shape index (κ1) is 15.5. The number of hydrogen-bond donors (Lipinski definition) is 2. The Balaban J connectivity index is 1.75. The number of benzene rings is 1. The molecule has 21 heavy (non-hydrogen) atoms. The molecule has 2 aromatic rings. The van der Waals surface area contributed by atoms with E-state index >= 15 is 0 Å². The van der Waals surface area contributed by atoms with Gasteiger partial charge >= 0.3 is 0 Å². The number of nitrogens with one attached hydrogen (secondary N) is 2. The van der Waals surface area contributed by atoms with Gasteiger partial charge in [-0.05, 0) is 23.6 Å². The molecule has 0 fully saturated rings. The van der Waals surface area contributed by atoms with Crippen LogP contribution in [-0.4, -0.2) is 26.6 Å². The summed E-state index contributed by atoms with van der Waals surface area (Å²) in [5.74, 6) is -0.328. The lowest BCUT2D eigenvalue weighted by Gasteiger charge is -2.08. The maximum atomic E-state index is 11.8. The van der Waals surface area contributed by atoms with Gasteiger partial charge < -0.3 is 5.32 Å². The molecular weight excluding hydrogens is 308 g/mol. The van der Waals surface area contributed by atoms with Gasteiger partial charge in [-0.1, -0.05) is 24.3 Å². The molecule has 0 aliphatic rings. The van der Waals surface area contributed by atoms with Gasteiger partial charge in [-0.25, -0.2) is 8.42 Å². The molecular formula is C14H16N2O3S2. The standard InChI is InChI=1S/C14H16N2O3S2/c17-14(11-13-7-4-9-20-13)15-8-10-21(18,19)16-12-5-2-1-3-6-12/h1-7,9,16H,8,10-11H2,(H,15,17). The third-order valence-corrected chi connectivity index (χ3v) is 4.82. The van der Waals surface area contributed by atoms with Crippen molar-refractivity contribution in [2.75, 3.05) is 17.0 Å². The van der Waals surface area contributed by atoms with Crippen molar-refractivity contribution < 1.29 is 13.2 Å². The third-order valence-electron chi connectivity index (χ3n) is 2.65. The molecule has 0 aliphatic carbocycles. The maximum Gasteiger partial charge on any atom is 0.234 e. The summed E-state index contributed by atoms with van der Waals surface area (Å²) < 4.78 is 26.1. The molecule has 0 bridgehead atoms. The largest absolute Gasteiger partial charge is 0.355 e. The molecule has 1 amide bonds. The van der Waals surface area contributed by atoms with Gasteiger partial charge in [-0.15, -0.1) is 11.3 Å². The fourth-order valence-corrected chi connectivity index (χ4v) is 3.37. The highest BCUT2D eigenvalue weighted by atomic mass is 32.2. The van der Waals surface area contributed by atoms with E-state index in [0.717, 1.165) is 4.88 Å². The van der Waals surface area contributed by atoms with Gasteiger partial charge in [0.1, 0.15) is 0 Å². The van der Waals surface area contributed by atoms with Crippen LogP contribution in [0.25, 0.3) is 0 Å². The minimum Gasteiger partial charge on any atom is -0.355 e. The van der Waals surface area contributed by atoms with Crippen LogP contribution < -0.4 is 10.0 Å². The molecule has 1 heterocycles. The topological polar surface area (TPSA) is 75.3 Å². The number of thiophene rings is 1. The summed E-state index contributed by atoms with van der Waals surface area (Å²) in [5, 5.41) is 4.51. The Labute approximate surface area is 128 Å². The molecule has 0 spiro atoms. The van der Waals surface area contributed by atoms with Gasteiger partial charge in [0.2, 0.25) is 15.9 Å². The van der Waals surface area contributed by atoms with Crippen LogP contribution >= 0.6 is 11.3 Å². The molecule has 1 aromatic carbocycles. The number of hydrogen-bond acceptors (Lipinski definition) is 4. The zero-order valence-electron chi connectivity index (χ0n) is 11.3. The summed E-state index contributed by atoms with van der Waals surface area (Å²) in [5.41, 5.74) is 0.516. The van der Waals surface area contributed by atoms with E-state index in [1.54, 1.807) is 24.3 Å². The molecule has 0 saturated carbocycles. The molecule has 2 N–H and O–H groups in total. The molecule has 0 atom stereocenters. The average molecular weight is 324 g/mol. The summed E-state index contributed by atoms with van der Waals surface area (Å²) >= 11 is 1.50. The lowest BCUT2D eigenvalue weighted by Crippen LogP contribution is -2.31. The van der Waals surface area contributed by atoms with Crippen molar-refractivity contribution in [3.05, 3.63) is 52.7 Å². The molecule has 0 unspecified atom stereocenters. The summed E-state index contributed by atoms with van der Waals surface area (Å²) in [6, 6.07) is 12.4. The van der Waals surface area contributed by atoms with Crippen molar-refractivity contribution in [1.29, 1.82) is 0 Å². The van der Waals surface area contributed by atoms with Gasteiger partial charge in [-0.3, -0.25) is 9.52 Å². The second-order valence-electron chi connectivity index (χ2n) is 4.39. The van der Waals surface area contributed by atoms with Crippen molar-refractivity contribution in [2.45, 2.75) is 6.42 Å². The van der Waals surface area contributed by atoms with Crippen LogP contribution in [0.3, 0.4) is 0 Å². The zero-order valence-corrected chi connectivity index (χ0v) is 12.9. The van der Waals surface area contributed by atoms with Crippen molar-refractivity contribution >= 4 is 33.0 Å². The molecule has 2 rings (SSSR count). The van der Waals surface area contributed by atoms with Crippen molar-refractivity contribution in [1.82, 2.24) is 5.32 Å². The molecule has 1 aromatic heterocycles. The average Bonchev–Trinajstić information content (AvgIpc) is 2.91. The number of anilines is 1. The van der Waals surface area contributed by atoms with E-state index in [2.05, 4.69) is 10.0 Å². The summed E-state index contributed by atoms with van der Waals surface area (Å²) in [7, 11) is -3.45. The van der Waals surface area contributed by atoms with Crippen LogP contribution in [0, 0.1) is 0 Å². The fourth-order valence-electron chi connectivity index (χ4n) is 1.70. The number of carbonyl (C=O) groups is 1. The predicted octanol–water partition coefficient (Wildman–Crippen LogP) is 1.85. The molecule has 7 heteroatoms. The second kappa shape index (κ2) is 7.24. The quantitative estimate of drug-likeness (QED) is 0.816. The lowest BCUT2D eigenvalue weighted by molar-refractivity contribution is -0.120. The van der Waals surface area contributed by atoms with Gasteiger partial charge in [0.15, 0.2) is 0 Å². The Morgan fingerprint density at radius 2 is 1.86 bits per heavy atom. The van der Waals surface area contributed by atoms with Gasteiger partial charge in [0.05, 0.1) is 12.2 Å². The predicted molar refractivity (Wildman–Crippen MR) is 84.9 cm³/mol. The van der Waals surface area contributed by atoms with Crippen LogP contribution in [-0.2, 0) is 21.2 Å². The maximum absolute atomic E-state index is 11.8. The number of rotatable bonds is 7. The zero-order chi connectivity index (χ0) is 15.1. The van der Waals surface area contributed by atoms with Crippen LogP contribution in [0.1, 0.15) is 4.88 Å². The summed E-state index contributed by atoms with van der Waals surface area (Å²) in [6.45, 7) is 0.0897. The van der Waals surface area contributed by atoms with E-state index in [4.69, 9.17) is 0 Å². The number of amides is 1. The molecule has 0 radical (unpaired) electrons. The fraction of sp³-hybridized carbons (Fsp3) is 0.214. The van der Waals surface area contributed by atoms with Crippen molar-refractivity contribution in [3.63, 3.8) is 0 Å². The van der Waals surface area contributed by atoms with Crippen LogP contribution in [0.2, 0.25) is 0 Å². The minimum atomic E-state index is -3.45. The minimum absolute atomic E-state index is 0.0897. The Kier molecular flexibility index (Phi) is 5.35. The number of para-hydroxylation sites is 1. The first-order valence-electron chi connectivity index (χ1n) is 6.40. The first-order valence-corrected chi connectivity index (χ1v) is 8.93. The van der Waals surface area contributed by atoms with Gasteiger partial charge in [0.25, 0.3) is 0 Å². The van der Waals surface area contributed by atoms with Crippen molar-refractivity contribution in [3.8, 4) is 0 Å². The van der Waals surface area contributed by atoms with Crippen LogP contribution in [0.15, 0.2) is 47.8 Å².